The van der Waals surface area contributed by atoms with Crippen LogP contribution in [-0.4, -0.2) is 43.1 Å². The minimum absolute atomic E-state index is 0.186. The summed E-state index contributed by atoms with van der Waals surface area (Å²) in [6.07, 6.45) is 1.97. The van der Waals surface area contributed by atoms with Gasteiger partial charge in [0.2, 0.25) is 0 Å². The number of hydrogen-bond acceptors (Lipinski definition) is 6. The molecule has 1 aliphatic rings. The van der Waals surface area contributed by atoms with Crippen LogP contribution in [0.4, 0.5) is 0 Å². The van der Waals surface area contributed by atoms with Crippen molar-refractivity contribution in [3.05, 3.63) is 40.2 Å². The van der Waals surface area contributed by atoms with Gasteiger partial charge in [0.05, 0.1) is 0 Å². The molecule has 0 saturated carbocycles. The molecule has 1 aliphatic heterocycles. The first-order valence-electron chi connectivity index (χ1n) is 8.13. The Morgan fingerprint density at radius 2 is 1.92 bits per heavy atom. The summed E-state index contributed by atoms with van der Waals surface area (Å²) in [5.74, 6) is -0.434. The molecular weight excluding hydrogens is 326 g/mol. The number of fused-ring (bicyclic) bond motifs is 1. The summed E-state index contributed by atoms with van der Waals surface area (Å²) in [7, 11) is 0. The summed E-state index contributed by atoms with van der Waals surface area (Å²) in [6.45, 7) is 2.65. The van der Waals surface area contributed by atoms with E-state index >= 15 is 0 Å². The Bertz CT molecular complexity index is 850. The fourth-order valence-corrected chi connectivity index (χ4v) is 2.78. The molecule has 3 rings (SSSR count). The second-order valence-electron chi connectivity index (χ2n) is 5.94. The maximum Gasteiger partial charge on any atom is 0.344 e. The van der Waals surface area contributed by atoms with Crippen molar-refractivity contribution < 1.29 is 23.5 Å². The molecule has 2 heterocycles. The van der Waals surface area contributed by atoms with Crippen molar-refractivity contribution >= 4 is 22.8 Å². The standard InChI is InChI=1S/C18H19NO6/c1-12-8-17(21)25-15-9-13(4-5-14(12)15)23-11-18(22)24-10-16(20)19-6-2-3-7-19/h4-5,8-9H,2-3,6-7,10-11H2,1H3. The molecule has 0 spiro atoms. The van der Waals surface area contributed by atoms with Crippen LogP contribution >= 0.6 is 0 Å². The Morgan fingerprint density at radius 1 is 1.16 bits per heavy atom. The van der Waals surface area contributed by atoms with Crippen LogP contribution in [0.5, 0.6) is 5.75 Å². The van der Waals surface area contributed by atoms with E-state index in [1.807, 2.05) is 6.92 Å². The van der Waals surface area contributed by atoms with E-state index in [0.29, 0.717) is 24.4 Å². The third-order valence-electron chi connectivity index (χ3n) is 4.09. The topological polar surface area (TPSA) is 86.0 Å². The molecule has 0 N–H and O–H groups in total. The number of ether oxygens (including phenoxy) is 2. The van der Waals surface area contributed by atoms with E-state index in [1.54, 1.807) is 23.1 Å². The molecule has 0 atom stereocenters. The van der Waals surface area contributed by atoms with Crippen LogP contribution in [0.15, 0.2) is 33.5 Å². The van der Waals surface area contributed by atoms with Crippen molar-refractivity contribution in [2.75, 3.05) is 26.3 Å². The van der Waals surface area contributed by atoms with E-state index < -0.39 is 11.6 Å². The molecule has 1 amide bonds. The Hall–Kier alpha value is -2.83. The van der Waals surface area contributed by atoms with Gasteiger partial charge in [0.1, 0.15) is 11.3 Å². The van der Waals surface area contributed by atoms with E-state index in [1.165, 1.54) is 6.07 Å². The molecule has 1 saturated heterocycles. The molecule has 1 aromatic carbocycles. The zero-order valence-electron chi connectivity index (χ0n) is 13.9. The van der Waals surface area contributed by atoms with E-state index in [0.717, 1.165) is 23.8 Å². The van der Waals surface area contributed by atoms with Gasteiger partial charge < -0.3 is 18.8 Å². The highest BCUT2D eigenvalue weighted by Crippen LogP contribution is 2.22. The van der Waals surface area contributed by atoms with E-state index in [-0.39, 0.29) is 19.1 Å². The summed E-state index contributed by atoms with van der Waals surface area (Å²) < 4.78 is 15.4. The third-order valence-corrected chi connectivity index (χ3v) is 4.09. The number of carbonyl (C=O) groups excluding carboxylic acids is 2. The Labute approximate surface area is 144 Å². The number of nitrogens with zero attached hydrogens (tertiary/aromatic N) is 1. The lowest BCUT2D eigenvalue weighted by Gasteiger charge is -2.15. The second kappa shape index (κ2) is 7.38. The molecule has 2 aromatic rings. The predicted molar refractivity (Wildman–Crippen MR) is 89.5 cm³/mol. The normalized spacial score (nSPS) is 13.9. The number of carbonyl (C=O) groups is 2. The van der Waals surface area contributed by atoms with Crippen LogP contribution in [0, 0.1) is 6.92 Å². The van der Waals surface area contributed by atoms with Crippen LogP contribution in [0.3, 0.4) is 0 Å². The highest BCUT2D eigenvalue weighted by atomic mass is 16.6. The summed E-state index contributed by atoms with van der Waals surface area (Å²) in [5.41, 5.74) is 0.750. The maximum atomic E-state index is 11.8. The molecule has 132 valence electrons. The molecule has 0 aliphatic carbocycles. The van der Waals surface area contributed by atoms with E-state index in [9.17, 15) is 14.4 Å². The van der Waals surface area contributed by atoms with Crippen LogP contribution in [0.25, 0.3) is 11.0 Å². The maximum absolute atomic E-state index is 11.8. The molecule has 0 unspecified atom stereocenters. The molecule has 25 heavy (non-hydrogen) atoms. The Kier molecular flexibility index (Phi) is 5.02. The van der Waals surface area contributed by atoms with Gasteiger partial charge >= 0.3 is 11.6 Å². The quantitative estimate of drug-likeness (QED) is 0.605. The summed E-state index contributed by atoms with van der Waals surface area (Å²) >= 11 is 0. The molecule has 1 fully saturated rings. The minimum atomic E-state index is -0.627. The number of likely N-dealkylation sites (tertiary alicyclic amines) is 1. The van der Waals surface area contributed by atoms with Crippen LogP contribution in [0.2, 0.25) is 0 Å². The number of rotatable bonds is 5. The molecule has 1 aromatic heterocycles. The van der Waals surface area contributed by atoms with Crippen LogP contribution < -0.4 is 10.4 Å². The van der Waals surface area contributed by atoms with Gasteiger partial charge in [-0.1, -0.05) is 0 Å². The van der Waals surface area contributed by atoms with Gasteiger partial charge in [0, 0.05) is 30.6 Å². The zero-order chi connectivity index (χ0) is 17.8. The summed E-state index contributed by atoms with van der Waals surface area (Å²) in [6, 6.07) is 6.40. The van der Waals surface area contributed by atoms with Crippen LogP contribution in [-0.2, 0) is 14.3 Å². The monoisotopic (exact) mass is 345 g/mol. The third kappa shape index (κ3) is 4.17. The van der Waals surface area contributed by atoms with Crippen molar-refractivity contribution in [2.24, 2.45) is 0 Å². The molecule has 0 bridgehead atoms. The lowest BCUT2D eigenvalue weighted by atomic mass is 10.1. The minimum Gasteiger partial charge on any atom is -0.482 e. The SMILES string of the molecule is Cc1cc(=O)oc2cc(OCC(=O)OCC(=O)N3CCCC3)ccc12. The average Bonchev–Trinajstić information content (AvgIpc) is 3.12. The van der Waals surface area contributed by atoms with Gasteiger partial charge in [-0.3, -0.25) is 4.79 Å². The smallest absolute Gasteiger partial charge is 0.344 e. The first-order valence-corrected chi connectivity index (χ1v) is 8.13. The summed E-state index contributed by atoms with van der Waals surface area (Å²) in [5, 5.41) is 0.797. The number of benzene rings is 1. The highest BCUT2D eigenvalue weighted by molar-refractivity contribution is 5.82. The number of hydrogen-bond donors (Lipinski definition) is 0. The van der Waals surface area contributed by atoms with Gasteiger partial charge in [0.15, 0.2) is 13.2 Å². The Balaban J connectivity index is 1.54. The van der Waals surface area contributed by atoms with Crippen molar-refractivity contribution in [1.82, 2.24) is 4.90 Å². The lowest BCUT2D eigenvalue weighted by molar-refractivity contribution is -0.153. The largest absolute Gasteiger partial charge is 0.482 e. The van der Waals surface area contributed by atoms with Crippen molar-refractivity contribution in [3.63, 3.8) is 0 Å². The molecule has 7 heteroatoms. The number of amides is 1. The fraction of sp³-hybridized carbons (Fsp3) is 0.389. The first-order chi connectivity index (χ1) is 12.0. The van der Waals surface area contributed by atoms with Gasteiger partial charge in [-0.15, -0.1) is 0 Å². The molecule has 0 radical (unpaired) electrons. The first kappa shape index (κ1) is 17.0. The number of esters is 1. The average molecular weight is 345 g/mol. The summed E-state index contributed by atoms with van der Waals surface area (Å²) in [4.78, 5) is 36.6. The highest BCUT2D eigenvalue weighted by Gasteiger charge is 2.19. The van der Waals surface area contributed by atoms with Crippen molar-refractivity contribution in [1.29, 1.82) is 0 Å². The van der Waals surface area contributed by atoms with E-state index in [4.69, 9.17) is 13.9 Å². The fourth-order valence-electron chi connectivity index (χ4n) is 2.78. The zero-order valence-corrected chi connectivity index (χ0v) is 13.9. The second-order valence-corrected chi connectivity index (χ2v) is 5.94. The van der Waals surface area contributed by atoms with E-state index in [2.05, 4.69) is 0 Å². The lowest BCUT2D eigenvalue weighted by Crippen LogP contribution is -2.32. The van der Waals surface area contributed by atoms with Gasteiger partial charge in [-0.2, -0.15) is 0 Å². The predicted octanol–water partition coefficient (Wildman–Crippen LogP) is 1.65. The van der Waals surface area contributed by atoms with Gasteiger partial charge in [-0.25, -0.2) is 9.59 Å². The Morgan fingerprint density at radius 3 is 2.68 bits per heavy atom. The van der Waals surface area contributed by atoms with Crippen LogP contribution in [0.1, 0.15) is 18.4 Å². The van der Waals surface area contributed by atoms with Gasteiger partial charge in [0.25, 0.3) is 5.91 Å². The van der Waals surface area contributed by atoms with Crippen molar-refractivity contribution in [3.8, 4) is 5.75 Å². The number of aryl methyl sites for hydroxylation is 1. The molecular formula is C18H19NO6. The molecule has 7 nitrogen and oxygen atoms in total. The van der Waals surface area contributed by atoms with Gasteiger partial charge in [-0.05, 0) is 37.5 Å². The van der Waals surface area contributed by atoms with Crippen molar-refractivity contribution in [2.45, 2.75) is 19.8 Å².